The lowest BCUT2D eigenvalue weighted by molar-refractivity contribution is 0.254. The third-order valence-electron chi connectivity index (χ3n) is 4.96. The van der Waals surface area contributed by atoms with Crippen LogP contribution >= 0.6 is 15.9 Å². The first-order valence-electron chi connectivity index (χ1n) is 7.89. The highest BCUT2D eigenvalue weighted by Gasteiger charge is 2.31. The van der Waals surface area contributed by atoms with Crippen LogP contribution in [-0.2, 0) is 0 Å². The van der Waals surface area contributed by atoms with Gasteiger partial charge in [0.1, 0.15) is 11.6 Å². The van der Waals surface area contributed by atoms with Crippen LogP contribution in [0.3, 0.4) is 0 Å². The SMILES string of the molecule is CC(C)C1CCC(c2nc(N)c(Br)c(C3CC3)n2)CC1. The summed E-state index contributed by atoms with van der Waals surface area (Å²) in [5, 5.41) is 0. The van der Waals surface area contributed by atoms with Crippen LogP contribution in [0.1, 0.15) is 75.7 Å². The molecule has 1 aromatic rings. The number of rotatable bonds is 3. The van der Waals surface area contributed by atoms with Gasteiger partial charge in [-0.2, -0.15) is 0 Å². The van der Waals surface area contributed by atoms with Gasteiger partial charge in [0.25, 0.3) is 0 Å². The van der Waals surface area contributed by atoms with Crippen LogP contribution < -0.4 is 5.73 Å². The van der Waals surface area contributed by atoms with E-state index in [0.717, 1.165) is 27.8 Å². The van der Waals surface area contributed by atoms with Gasteiger partial charge < -0.3 is 5.73 Å². The maximum Gasteiger partial charge on any atom is 0.141 e. The third kappa shape index (κ3) is 2.85. The van der Waals surface area contributed by atoms with Crippen LogP contribution in [0.2, 0.25) is 0 Å². The lowest BCUT2D eigenvalue weighted by atomic mass is 9.76. The van der Waals surface area contributed by atoms with Gasteiger partial charge in [0.15, 0.2) is 0 Å². The molecule has 0 aromatic carbocycles. The van der Waals surface area contributed by atoms with Gasteiger partial charge in [-0.25, -0.2) is 9.97 Å². The zero-order chi connectivity index (χ0) is 14.3. The third-order valence-corrected chi connectivity index (χ3v) is 5.78. The normalized spacial score (nSPS) is 27.0. The first-order chi connectivity index (χ1) is 9.56. The highest BCUT2D eigenvalue weighted by Crippen LogP contribution is 2.45. The molecule has 2 aliphatic rings. The zero-order valence-electron chi connectivity index (χ0n) is 12.4. The monoisotopic (exact) mass is 337 g/mol. The van der Waals surface area contributed by atoms with Crippen molar-refractivity contribution < 1.29 is 0 Å². The molecule has 20 heavy (non-hydrogen) atoms. The molecule has 3 nitrogen and oxygen atoms in total. The molecule has 2 saturated carbocycles. The van der Waals surface area contributed by atoms with Crippen LogP contribution in [0.15, 0.2) is 4.47 Å². The van der Waals surface area contributed by atoms with Gasteiger partial charge in [-0.3, -0.25) is 0 Å². The molecule has 0 amide bonds. The molecule has 1 aromatic heterocycles. The fraction of sp³-hybridized carbons (Fsp3) is 0.750. The van der Waals surface area contributed by atoms with E-state index < -0.39 is 0 Å². The highest BCUT2D eigenvalue weighted by atomic mass is 79.9. The Kier molecular flexibility index (Phi) is 4.02. The fourth-order valence-corrected chi connectivity index (χ4v) is 3.86. The van der Waals surface area contributed by atoms with Crippen LogP contribution in [0.4, 0.5) is 5.82 Å². The molecular weight excluding hydrogens is 314 g/mol. The van der Waals surface area contributed by atoms with Gasteiger partial charge in [0, 0.05) is 11.8 Å². The lowest BCUT2D eigenvalue weighted by Crippen LogP contribution is -2.19. The van der Waals surface area contributed by atoms with Gasteiger partial charge in [-0.05, 0) is 66.3 Å². The van der Waals surface area contributed by atoms with Gasteiger partial charge >= 0.3 is 0 Å². The maximum absolute atomic E-state index is 6.07. The molecule has 2 fully saturated rings. The summed E-state index contributed by atoms with van der Waals surface area (Å²) in [5.74, 6) is 4.42. The molecule has 0 atom stereocenters. The summed E-state index contributed by atoms with van der Waals surface area (Å²) in [5.41, 5.74) is 7.22. The average Bonchev–Trinajstić information content (AvgIpc) is 3.26. The second kappa shape index (κ2) is 5.63. The Morgan fingerprint density at radius 1 is 1.00 bits per heavy atom. The fourth-order valence-electron chi connectivity index (χ4n) is 3.36. The van der Waals surface area contributed by atoms with Crippen LogP contribution in [0.25, 0.3) is 0 Å². The molecule has 1 heterocycles. The molecule has 2 aliphatic carbocycles. The van der Waals surface area contributed by atoms with Crippen molar-refractivity contribution in [2.45, 2.75) is 64.2 Å². The Morgan fingerprint density at radius 3 is 2.15 bits per heavy atom. The van der Waals surface area contributed by atoms with Gasteiger partial charge in [0.05, 0.1) is 10.2 Å². The molecule has 0 aliphatic heterocycles. The Labute approximate surface area is 129 Å². The van der Waals surface area contributed by atoms with Crippen LogP contribution in [0.5, 0.6) is 0 Å². The summed E-state index contributed by atoms with van der Waals surface area (Å²) < 4.78 is 0.930. The summed E-state index contributed by atoms with van der Waals surface area (Å²) in [4.78, 5) is 9.41. The summed E-state index contributed by atoms with van der Waals surface area (Å²) in [6.07, 6.45) is 7.53. The summed E-state index contributed by atoms with van der Waals surface area (Å²) in [6, 6.07) is 0. The molecule has 0 bridgehead atoms. The summed E-state index contributed by atoms with van der Waals surface area (Å²) in [7, 11) is 0. The van der Waals surface area contributed by atoms with Crippen molar-refractivity contribution in [2.75, 3.05) is 5.73 Å². The first kappa shape index (κ1) is 14.3. The standard InChI is InChI=1S/C16H24BrN3/c1-9(2)10-3-7-12(8-4-10)16-19-14(11-5-6-11)13(17)15(18)20-16/h9-12H,3-8H2,1-2H3,(H2,18,19,20). The minimum Gasteiger partial charge on any atom is -0.383 e. The molecule has 4 heteroatoms. The van der Waals surface area contributed by atoms with Gasteiger partial charge in [-0.15, -0.1) is 0 Å². The maximum atomic E-state index is 6.07. The number of hydrogen-bond acceptors (Lipinski definition) is 3. The number of aromatic nitrogens is 2. The van der Waals surface area contributed by atoms with E-state index in [9.17, 15) is 0 Å². The van der Waals surface area contributed by atoms with E-state index in [1.54, 1.807) is 0 Å². The van der Waals surface area contributed by atoms with E-state index >= 15 is 0 Å². The highest BCUT2D eigenvalue weighted by molar-refractivity contribution is 9.10. The predicted octanol–water partition coefficient (Wildman–Crippen LogP) is 4.63. The molecular formula is C16H24BrN3. The van der Waals surface area contributed by atoms with E-state index in [2.05, 4.69) is 34.8 Å². The topological polar surface area (TPSA) is 51.8 Å². The molecule has 3 rings (SSSR count). The van der Waals surface area contributed by atoms with E-state index in [0.29, 0.717) is 17.7 Å². The van der Waals surface area contributed by atoms with Crippen molar-refractivity contribution in [1.29, 1.82) is 0 Å². The summed E-state index contributed by atoms with van der Waals surface area (Å²) in [6.45, 7) is 4.68. The molecule has 0 saturated heterocycles. The lowest BCUT2D eigenvalue weighted by Gasteiger charge is -2.30. The van der Waals surface area contributed by atoms with E-state index in [1.807, 2.05) is 0 Å². The number of nitrogens with two attached hydrogens (primary N) is 1. The van der Waals surface area contributed by atoms with Gasteiger partial charge in [0.2, 0.25) is 0 Å². The quantitative estimate of drug-likeness (QED) is 0.874. The second-order valence-corrected chi connectivity index (χ2v) is 7.59. The van der Waals surface area contributed by atoms with Crippen molar-refractivity contribution in [1.82, 2.24) is 9.97 Å². The van der Waals surface area contributed by atoms with Crippen molar-refractivity contribution >= 4 is 21.7 Å². The minimum absolute atomic E-state index is 0.512. The number of nitrogen functional groups attached to an aromatic ring is 1. The van der Waals surface area contributed by atoms with E-state index in [-0.39, 0.29) is 0 Å². The van der Waals surface area contributed by atoms with E-state index in [1.165, 1.54) is 38.5 Å². The van der Waals surface area contributed by atoms with Crippen molar-refractivity contribution in [3.63, 3.8) is 0 Å². The van der Waals surface area contributed by atoms with Crippen LogP contribution in [0, 0.1) is 11.8 Å². The van der Waals surface area contributed by atoms with Crippen molar-refractivity contribution in [3.05, 3.63) is 16.0 Å². The van der Waals surface area contributed by atoms with Crippen molar-refractivity contribution in [3.8, 4) is 0 Å². The number of halogens is 1. The molecule has 0 radical (unpaired) electrons. The smallest absolute Gasteiger partial charge is 0.141 e. The first-order valence-corrected chi connectivity index (χ1v) is 8.68. The molecule has 0 spiro atoms. The minimum atomic E-state index is 0.512. The predicted molar refractivity (Wildman–Crippen MR) is 85.7 cm³/mol. The molecule has 110 valence electrons. The molecule has 0 unspecified atom stereocenters. The zero-order valence-corrected chi connectivity index (χ0v) is 14.0. The Bertz CT molecular complexity index is 489. The summed E-state index contributed by atoms with van der Waals surface area (Å²) >= 11 is 3.56. The number of nitrogens with zero attached hydrogens (tertiary/aromatic N) is 2. The van der Waals surface area contributed by atoms with Crippen molar-refractivity contribution in [2.24, 2.45) is 11.8 Å². The Morgan fingerprint density at radius 2 is 1.60 bits per heavy atom. The number of anilines is 1. The Hall–Kier alpha value is -0.640. The molecule has 2 N–H and O–H groups in total. The van der Waals surface area contributed by atoms with Crippen LogP contribution in [-0.4, -0.2) is 9.97 Å². The Balaban J connectivity index is 1.78. The van der Waals surface area contributed by atoms with Gasteiger partial charge in [-0.1, -0.05) is 13.8 Å². The van der Waals surface area contributed by atoms with E-state index in [4.69, 9.17) is 10.7 Å². The second-order valence-electron chi connectivity index (χ2n) is 6.80. The largest absolute Gasteiger partial charge is 0.383 e. The average molecular weight is 338 g/mol. The number of hydrogen-bond donors (Lipinski definition) is 1.